The second kappa shape index (κ2) is 6.42. The van der Waals surface area contributed by atoms with E-state index in [-0.39, 0.29) is 11.1 Å². The van der Waals surface area contributed by atoms with Gasteiger partial charge in [-0.2, -0.15) is 5.26 Å². The second-order valence-corrected chi connectivity index (χ2v) is 5.98. The van der Waals surface area contributed by atoms with E-state index in [1.54, 1.807) is 31.2 Å². The summed E-state index contributed by atoms with van der Waals surface area (Å²) in [4.78, 5) is 25.2. The maximum atomic E-state index is 12.4. The molecule has 25 heavy (non-hydrogen) atoms. The minimum absolute atomic E-state index is 0.0437. The zero-order valence-corrected chi connectivity index (χ0v) is 14.3. The van der Waals surface area contributed by atoms with Crippen molar-refractivity contribution in [1.82, 2.24) is 4.90 Å². The Morgan fingerprint density at radius 2 is 1.80 bits per heavy atom. The molecule has 124 valence electrons. The fourth-order valence-electron chi connectivity index (χ4n) is 2.54. The van der Waals surface area contributed by atoms with Crippen molar-refractivity contribution in [2.24, 2.45) is 0 Å². The smallest absolute Gasteiger partial charge is 0.271 e. The Morgan fingerprint density at radius 1 is 1.12 bits per heavy atom. The third-order valence-electron chi connectivity index (χ3n) is 3.99. The summed E-state index contributed by atoms with van der Waals surface area (Å²) in [5.74, 6) is 0.0143. The predicted molar refractivity (Wildman–Crippen MR) is 93.2 cm³/mol. The number of carbonyl (C=O) groups is 2. The average Bonchev–Trinajstić information content (AvgIpc) is 3.07. The zero-order chi connectivity index (χ0) is 18.1. The highest BCUT2D eigenvalue weighted by atomic mass is 35.5. The van der Waals surface area contributed by atoms with Gasteiger partial charge in [0.15, 0.2) is 0 Å². The van der Waals surface area contributed by atoms with Crippen molar-refractivity contribution in [2.75, 3.05) is 7.05 Å². The number of benzene rings is 1. The number of nitriles is 1. The van der Waals surface area contributed by atoms with E-state index in [0.29, 0.717) is 22.1 Å². The van der Waals surface area contributed by atoms with Crippen LogP contribution in [-0.4, -0.2) is 23.8 Å². The first-order chi connectivity index (χ1) is 11.9. The number of likely N-dealkylation sites (N-methyl/N-ethyl adjacent to an activating group) is 1. The van der Waals surface area contributed by atoms with Crippen LogP contribution in [0.3, 0.4) is 0 Å². The first kappa shape index (κ1) is 16.7. The molecule has 0 spiro atoms. The highest BCUT2D eigenvalue weighted by Gasteiger charge is 2.33. The Balaban J connectivity index is 2.02. The summed E-state index contributed by atoms with van der Waals surface area (Å²) < 4.78 is 5.76. The van der Waals surface area contributed by atoms with Crippen molar-refractivity contribution in [1.29, 1.82) is 5.26 Å². The van der Waals surface area contributed by atoms with Crippen LogP contribution in [0.2, 0.25) is 5.02 Å². The normalized spacial score (nSPS) is 16.6. The molecule has 0 bridgehead atoms. The summed E-state index contributed by atoms with van der Waals surface area (Å²) >= 11 is 5.88. The summed E-state index contributed by atoms with van der Waals surface area (Å²) in [7, 11) is 1.35. The lowest BCUT2D eigenvalue weighted by Gasteiger charge is -2.23. The lowest BCUT2D eigenvalue weighted by Crippen LogP contribution is -2.39. The van der Waals surface area contributed by atoms with Gasteiger partial charge in [0.2, 0.25) is 0 Å². The monoisotopic (exact) mass is 352 g/mol. The van der Waals surface area contributed by atoms with E-state index < -0.39 is 11.8 Å². The molecule has 0 fully saturated rings. The Hall–Kier alpha value is -3.10. The van der Waals surface area contributed by atoms with Gasteiger partial charge in [0.05, 0.1) is 0 Å². The first-order valence-corrected chi connectivity index (χ1v) is 7.81. The van der Waals surface area contributed by atoms with E-state index in [0.717, 1.165) is 10.5 Å². The van der Waals surface area contributed by atoms with Gasteiger partial charge in [-0.05, 0) is 55.0 Å². The van der Waals surface area contributed by atoms with Gasteiger partial charge in [-0.15, -0.1) is 0 Å². The first-order valence-electron chi connectivity index (χ1n) is 7.43. The summed E-state index contributed by atoms with van der Waals surface area (Å²) in [5.41, 5.74) is 1.41. The van der Waals surface area contributed by atoms with E-state index in [1.165, 1.54) is 13.1 Å². The Bertz CT molecular complexity index is 975. The number of rotatable bonds is 2. The van der Waals surface area contributed by atoms with Gasteiger partial charge >= 0.3 is 0 Å². The zero-order valence-electron chi connectivity index (χ0n) is 13.5. The number of hydrogen-bond donors (Lipinski definition) is 0. The van der Waals surface area contributed by atoms with Gasteiger partial charge in [-0.25, -0.2) is 0 Å². The highest BCUT2D eigenvalue weighted by molar-refractivity contribution is 6.30. The lowest BCUT2D eigenvalue weighted by atomic mass is 9.95. The average molecular weight is 353 g/mol. The number of imide groups is 1. The van der Waals surface area contributed by atoms with Gasteiger partial charge < -0.3 is 4.42 Å². The molecule has 0 saturated heterocycles. The molecule has 0 saturated carbocycles. The van der Waals surface area contributed by atoms with Gasteiger partial charge in [0.1, 0.15) is 23.2 Å². The molecular weight excluding hydrogens is 340 g/mol. The van der Waals surface area contributed by atoms with Crippen molar-refractivity contribution in [2.45, 2.75) is 6.92 Å². The van der Waals surface area contributed by atoms with Crippen LogP contribution < -0.4 is 0 Å². The molecule has 3 rings (SSSR count). The molecule has 0 aliphatic carbocycles. The van der Waals surface area contributed by atoms with Crippen LogP contribution in [0.15, 0.2) is 57.5 Å². The van der Waals surface area contributed by atoms with Gasteiger partial charge in [-0.3, -0.25) is 14.5 Å². The van der Waals surface area contributed by atoms with Crippen LogP contribution in [0.25, 0.3) is 17.4 Å². The number of halogens is 1. The number of furan rings is 1. The van der Waals surface area contributed by atoms with Gasteiger partial charge in [0, 0.05) is 23.2 Å². The minimum atomic E-state index is -0.594. The fourth-order valence-corrected chi connectivity index (χ4v) is 2.67. The van der Waals surface area contributed by atoms with E-state index >= 15 is 0 Å². The molecule has 1 aliphatic rings. The van der Waals surface area contributed by atoms with Crippen molar-refractivity contribution < 1.29 is 14.0 Å². The number of amides is 2. The molecule has 1 aromatic heterocycles. The largest absolute Gasteiger partial charge is 0.457 e. The maximum absolute atomic E-state index is 12.4. The van der Waals surface area contributed by atoms with Crippen molar-refractivity contribution in [3.63, 3.8) is 0 Å². The van der Waals surface area contributed by atoms with Crippen molar-refractivity contribution >= 4 is 29.5 Å². The van der Waals surface area contributed by atoms with Crippen LogP contribution in [0.5, 0.6) is 0 Å². The van der Waals surface area contributed by atoms with Crippen LogP contribution in [0.4, 0.5) is 0 Å². The molecule has 2 aromatic rings. The van der Waals surface area contributed by atoms with Crippen LogP contribution in [0.1, 0.15) is 12.7 Å². The Morgan fingerprint density at radius 3 is 2.44 bits per heavy atom. The van der Waals surface area contributed by atoms with Gasteiger partial charge in [0.25, 0.3) is 11.8 Å². The molecule has 1 aromatic carbocycles. The highest BCUT2D eigenvalue weighted by Crippen LogP contribution is 2.29. The maximum Gasteiger partial charge on any atom is 0.271 e. The van der Waals surface area contributed by atoms with Crippen molar-refractivity contribution in [3.05, 3.63) is 63.9 Å². The molecule has 0 unspecified atom stereocenters. The fraction of sp³-hybridized carbons (Fsp3) is 0.105. The van der Waals surface area contributed by atoms with E-state index in [4.69, 9.17) is 21.3 Å². The molecule has 0 radical (unpaired) electrons. The third-order valence-corrected chi connectivity index (χ3v) is 4.24. The van der Waals surface area contributed by atoms with E-state index in [2.05, 4.69) is 0 Å². The van der Waals surface area contributed by atoms with Gasteiger partial charge in [-0.1, -0.05) is 11.6 Å². The minimum Gasteiger partial charge on any atom is -0.457 e. The molecule has 0 atom stereocenters. The quantitative estimate of drug-likeness (QED) is 0.608. The molecule has 2 heterocycles. The predicted octanol–water partition coefficient (Wildman–Crippen LogP) is 3.82. The summed E-state index contributed by atoms with van der Waals surface area (Å²) in [6, 6.07) is 12.5. The van der Waals surface area contributed by atoms with Crippen LogP contribution >= 0.6 is 11.6 Å². The number of hydrogen-bond acceptors (Lipinski definition) is 4. The third kappa shape index (κ3) is 3.00. The molecular formula is C19H13ClN2O3. The molecule has 1 aliphatic heterocycles. The SMILES string of the molecule is CC1=C(C#N)C(=O)N(C)C(=O)C1=Cc1ccc(-c2ccc(Cl)cc2)o1. The van der Waals surface area contributed by atoms with Crippen molar-refractivity contribution in [3.8, 4) is 17.4 Å². The number of carbonyl (C=O) groups excluding carboxylic acids is 2. The molecule has 2 amide bonds. The summed E-state index contributed by atoms with van der Waals surface area (Å²) in [6.07, 6.45) is 1.54. The van der Waals surface area contributed by atoms with Crippen LogP contribution in [0, 0.1) is 11.3 Å². The summed E-state index contributed by atoms with van der Waals surface area (Å²) in [6.45, 7) is 1.58. The lowest BCUT2D eigenvalue weighted by molar-refractivity contribution is -0.138. The second-order valence-electron chi connectivity index (χ2n) is 5.55. The summed E-state index contributed by atoms with van der Waals surface area (Å²) in [5, 5.41) is 9.79. The molecule has 5 nitrogen and oxygen atoms in total. The molecule has 0 N–H and O–H groups in total. The Kier molecular flexibility index (Phi) is 4.30. The number of nitrogens with zero attached hydrogens (tertiary/aromatic N) is 2. The van der Waals surface area contributed by atoms with E-state index in [9.17, 15) is 9.59 Å². The topological polar surface area (TPSA) is 74.3 Å². The van der Waals surface area contributed by atoms with E-state index in [1.807, 2.05) is 18.2 Å². The molecule has 6 heteroatoms. The van der Waals surface area contributed by atoms with Crippen LogP contribution in [-0.2, 0) is 9.59 Å². The standard InChI is InChI=1S/C19H13ClN2O3/c1-11-15(18(23)22(2)19(24)16(11)10-21)9-14-7-8-17(25-14)12-3-5-13(20)6-4-12/h3-9H,1-2H3. The Labute approximate surface area is 149 Å².